The SMILES string of the molecule is COc1ccc(S(N)(=O)=O)cc1C(=O)NCCc1ccc(-c2csc(C)n2)s1. The summed E-state index contributed by atoms with van der Waals surface area (Å²) in [7, 11) is -2.50. The molecule has 3 aromatic rings. The van der Waals surface area contributed by atoms with Crippen molar-refractivity contribution in [3.05, 3.63) is 51.2 Å². The van der Waals surface area contributed by atoms with E-state index in [4.69, 9.17) is 9.88 Å². The van der Waals surface area contributed by atoms with Gasteiger partial charge < -0.3 is 10.1 Å². The number of nitrogens with two attached hydrogens (primary N) is 1. The van der Waals surface area contributed by atoms with Crippen molar-refractivity contribution in [2.24, 2.45) is 5.14 Å². The number of aryl methyl sites for hydroxylation is 1. The number of amides is 1. The summed E-state index contributed by atoms with van der Waals surface area (Å²) in [5.74, 6) is -0.142. The van der Waals surface area contributed by atoms with Crippen LogP contribution in [0.2, 0.25) is 0 Å². The van der Waals surface area contributed by atoms with E-state index < -0.39 is 15.9 Å². The second-order valence-corrected chi connectivity index (χ2v) is 9.72. The molecule has 0 radical (unpaired) electrons. The molecule has 2 heterocycles. The molecule has 0 saturated heterocycles. The van der Waals surface area contributed by atoms with E-state index >= 15 is 0 Å². The fraction of sp³-hybridized carbons (Fsp3) is 0.222. The molecule has 2 aromatic heterocycles. The Hall–Kier alpha value is -2.27. The van der Waals surface area contributed by atoms with Crippen LogP contribution in [0.15, 0.2) is 40.6 Å². The Kier molecular flexibility index (Phi) is 6.14. The molecule has 0 aliphatic rings. The fourth-order valence-corrected chi connectivity index (χ4v) is 4.76. The van der Waals surface area contributed by atoms with E-state index in [0.717, 1.165) is 20.5 Å². The van der Waals surface area contributed by atoms with Crippen molar-refractivity contribution in [1.29, 1.82) is 0 Å². The molecule has 0 atom stereocenters. The number of thiophene rings is 1. The molecule has 7 nitrogen and oxygen atoms in total. The first-order valence-electron chi connectivity index (χ1n) is 8.28. The third kappa shape index (κ3) is 4.76. The molecule has 0 aliphatic heterocycles. The Bertz CT molecular complexity index is 1100. The first kappa shape index (κ1) is 20.5. The first-order chi connectivity index (χ1) is 13.3. The highest BCUT2D eigenvalue weighted by molar-refractivity contribution is 7.89. The van der Waals surface area contributed by atoms with Crippen LogP contribution in [-0.4, -0.2) is 33.0 Å². The zero-order chi connectivity index (χ0) is 20.3. The first-order valence-corrected chi connectivity index (χ1v) is 11.5. The molecule has 0 fully saturated rings. The zero-order valence-electron chi connectivity index (χ0n) is 15.3. The largest absolute Gasteiger partial charge is 0.496 e. The van der Waals surface area contributed by atoms with Crippen LogP contribution < -0.4 is 15.2 Å². The predicted molar refractivity (Wildman–Crippen MR) is 111 cm³/mol. The van der Waals surface area contributed by atoms with E-state index in [9.17, 15) is 13.2 Å². The highest BCUT2D eigenvalue weighted by Gasteiger charge is 2.17. The van der Waals surface area contributed by atoms with Crippen LogP contribution in [0.1, 0.15) is 20.2 Å². The highest BCUT2D eigenvalue weighted by atomic mass is 32.2. The number of nitrogens with one attached hydrogen (secondary N) is 1. The van der Waals surface area contributed by atoms with E-state index in [1.54, 1.807) is 22.7 Å². The Morgan fingerprint density at radius 3 is 2.71 bits per heavy atom. The van der Waals surface area contributed by atoms with E-state index in [0.29, 0.717) is 13.0 Å². The normalized spacial score (nSPS) is 11.4. The molecule has 10 heteroatoms. The molecule has 3 rings (SSSR count). The lowest BCUT2D eigenvalue weighted by molar-refractivity contribution is 0.0951. The van der Waals surface area contributed by atoms with Crippen LogP contribution in [0, 0.1) is 6.92 Å². The molecule has 1 aromatic carbocycles. The summed E-state index contributed by atoms with van der Waals surface area (Å²) in [6.07, 6.45) is 0.650. The number of ether oxygens (including phenoxy) is 1. The third-order valence-electron chi connectivity index (χ3n) is 3.93. The molecule has 0 unspecified atom stereocenters. The van der Waals surface area contributed by atoms with Crippen LogP contribution in [0.4, 0.5) is 0 Å². The van der Waals surface area contributed by atoms with Crippen molar-refractivity contribution in [2.45, 2.75) is 18.2 Å². The fourth-order valence-electron chi connectivity index (χ4n) is 2.56. The minimum absolute atomic E-state index is 0.124. The lowest BCUT2D eigenvalue weighted by Crippen LogP contribution is -2.26. The predicted octanol–water partition coefficient (Wildman–Crippen LogP) is 2.81. The van der Waals surface area contributed by atoms with Gasteiger partial charge in [0.25, 0.3) is 5.91 Å². The maximum Gasteiger partial charge on any atom is 0.255 e. The second kappa shape index (κ2) is 8.39. The van der Waals surface area contributed by atoms with Gasteiger partial charge in [-0.25, -0.2) is 18.5 Å². The van der Waals surface area contributed by atoms with E-state index in [1.165, 1.54) is 25.3 Å². The number of hydrogen-bond acceptors (Lipinski definition) is 7. The number of thiazole rings is 1. The summed E-state index contributed by atoms with van der Waals surface area (Å²) in [4.78, 5) is 19.0. The number of primary sulfonamides is 1. The van der Waals surface area contributed by atoms with Gasteiger partial charge in [-0.1, -0.05) is 0 Å². The van der Waals surface area contributed by atoms with Crippen LogP contribution in [0.3, 0.4) is 0 Å². The van der Waals surface area contributed by atoms with E-state index in [-0.39, 0.29) is 16.2 Å². The Morgan fingerprint density at radius 2 is 2.07 bits per heavy atom. The van der Waals surface area contributed by atoms with Gasteiger partial charge in [0.15, 0.2) is 0 Å². The van der Waals surface area contributed by atoms with Gasteiger partial charge in [-0.2, -0.15) is 0 Å². The van der Waals surface area contributed by atoms with Gasteiger partial charge in [0.05, 0.1) is 33.1 Å². The van der Waals surface area contributed by atoms with Gasteiger partial charge in [0, 0.05) is 16.8 Å². The van der Waals surface area contributed by atoms with Gasteiger partial charge in [0.1, 0.15) is 5.75 Å². The number of rotatable bonds is 7. The lowest BCUT2D eigenvalue weighted by atomic mass is 10.2. The zero-order valence-corrected chi connectivity index (χ0v) is 17.7. The summed E-state index contributed by atoms with van der Waals surface area (Å²) in [6, 6.07) is 7.98. The smallest absolute Gasteiger partial charge is 0.255 e. The number of carbonyl (C=O) groups is 1. The number of aromatic nitrogens is 1. The standard InChI is InChI=1S/C18H19N3O4S3/c1-11-21-15(10-26-11)17-6-3-12(27-17)7-8-20-18(22)14-9-13(28(19,23)24)4-5-16(14)25-2/h3-6,9-10H,7-8H2,1-2H3,(H,20,22)(H2,19,23,24). The quantitative estimate of drug-likeness (QED) is 0.590. The topological polar surface area (TPSA) is 111 Å². The molecule has 148 valence electrons. The Labute approximate surface area is 171 Å². The molecule has 0 spiro atoms. The summed E-state index contributed by atoms with van der Waals surface area (Å²) in [5, 5.41) is 11.0. The van der Waals surface area contributed by atoms with Crippen LogP contribution in [0.25, 0.3) is 10.6 Å². The van der Waals surface area contributed by atoms with E-state index in [2.05, 4.69) is 10.3 Å². The van der Waals surface area contributed by atoms with Crippen LogP contribution in [-0.2, 0) is 16.4 Å². The summed E-state index contributed by atoms with van der Waals surface area (Å²) in [5.41, 5.74) is 1.09. The van der Waals surface area contributed by atoms with Crippen LogP contribution >= 0.6 is 22.7 Å². The summed E-state index contributed by atoms with van der Waals surface area (Å²) >= 11 is 3.24. The van der Waals surface area contributed by atoms with Crippen molar-refractivity contribution >= 4 is 38.6 Å². The second-order valence-electron chi connectivity index (χ2n) is 5.93. The molecular formula is C18H19N3O4S3. The Balaban J connectivity index is 1.65. The van der Waals surface area contributed by atoms with E-state index in [1.807, 2.05) is 24.4 Å². The average molecular weight is 438 g/mol. The number of methoxy groups -OCH3 is 1. The highest BCUT2D eigenvalue weighted by Crippen LogP contribution is 2.29. The molecule has 3 N–H and O–H groups in total. The van der Waals surface area contributed by atoms with Gasteiger partial charge in [-0.05, 0) is 43.7 Å². The molecule has 28 heavy (non-hydrogen) atoms. The number of benzene rings is 1. The summed E-state index contributed by atoms with van der Waals surface area (Å²) in [6.45, 7) is 2.37. The lowest BCUT2D eigenvalue weighted by Gasteiger charge is -2.10. The van der Waals surface area contributed by atoms with Gasteiger partial charge in [-0.15, -0.1) is 22.7 Å². The molecule has 0 aliphatic carbocycles. The van der Waals surface area contributed by atoms with Crippen molar-refractivity contribution < 1.29 is 17.9 Å². The molecule has 1 amide bonds. The van der Waals surface area contributed by atoms with Crippen molar-refractivity contribution in [3.63, 3.8) is 0 Å². The number of nitrogens with zero attached hydrogens (tertiary/aromatic N) is 1. The van der Waals surface area contributed by atoms with Crippen LogP contribution in [0.5, 0.6) is 5.75 Å². The van der Waals surface area contributed by atoms with Gasteiger partial charge in [-0.3, -0.25) is 4.79 Å². The molecule has 0 bridgehead atoms. The summed E-state index contributed by atoms with van der Waals surface area (Å²) < 4.78 is 28.2. The minimum atomic E-state index is -3.91. The monoisotopic (exact) mass is 437 g/mol. The number of sulfonamides is 1. The third-order valence-corrected chi connectivity index (χ3v) is 6.79. The van der Waals surface area contributed by atoms with Crippen molar-refractivity contribution in [1.82, 2.24) is 10.3 Å². The average Bonchev–Trinajstić information content (AvgIpc) is 3.29. The van der Waals surface area contributed by atoms with Gasteiger partial charge >= 0.3 is 0 Å². The Morgan fingerprint density at radius 1 is 1.29 bits per heavy atom. The van der Waals surface area contributed by atoms with Gasteiger partial charge in [0.2, 0.25) is 10.0 Å². The number of hydrogen-bond donors (Lipinski definition) is 2. The maximum atomic E-state index is 12.5. The number of carbonyl (C=O) groups excluding carboxylic acids is 1. The molecule has 0 saturated carbocycles. The maximum absolute atomic E-state index is 12.5. The van der Waals surface area contributed by atoms with Crippen molar-refractivity contribution in [2.75, 3.05) is 13.7 Å². The minimum Gasteiger partial charge on any atom is -0.496 e. The van der Waals surface area contributed by atoms with Crippen molar-refractivity contribution in [3.8, 4) is 16.3 Å². The molecular weight excluding hydrogens is 418 g/mol.